The molecule has 0 radical (unpaired) electrons. The summed E-state index contributed by atoms with van der Waals surface area (Å²) in [4.78, 5) is 21.0. The molecule has 5 heteroatoms. The van der Waals surface area contributed by atoms with Crippen LogP contribution in [0.15, 0.2) is 48.7 Å². The molecular formula is C18H20ClN3O. The number of aromatic nitrogens is 1. The molecule has 1 fully saturated rings. The second kappa shape index (κ2) is 7.57. The molecule has 1 aromatic heterocycles. The monoisotopic (exact) mass is 329 g/mol. The topological polar surface area (TPSA) is 36.4 Å². The van der Waals surface area contributed by atoms with E-state index in [-0.39, 0.29) is 5.91 Å². The second-order valence-corrected chi connectivity index (χ2v) is 6.16. The summed E-state index contributed by atoms with van der Waals surface area (Å²) >= 11 is 5.82. The Morgan fingerprint density at radius 2 is 1.87 bits per heavy atom. The summed E-state index contributed by atoms with van der Waals surface area (Å²) in [7, 11) is 0. The van der Waals surface area contributed by atoms with Crippen LogP contribution in [-0.2, 0) is 6.54 Å². The van der Waals surface area contributed by atoms with Gasteiger partial charge in [0.1, 0.15) is 5.15 Å². The van der Waals surface area contributed by atoms with Crippen LogP contribution in [0.5, 0.6) is 0 Å². The Labute approximate surface area is 141 Å². The smallest absolute Gasteiger partial charge is 0.253 e. The lowest BCUT2D eigenvalue weighted by Gasteiger charge is -2.22. The van der Waals surface area contributed by atoms with Crippen LogP contribution in [0, 0.1) is 0 Å². The van der Waals surface area contributed by atoms with Crippen LogP contribution in [0.2, 0.25) is 5.15 Å². The quantitative estimate of drug-likeness (QED) is 0.812. The van der Waals surface area contributed by atoms with Crippen molar-refractivity contribution in [3.05, 3.63) is 64.9 Å². The Morgan fingerprint density at radius 3 is 2.61 bits per heavy atom. The van der Waals surface area contributed by atoms with Crippen molar-refractivity contribution in [2.75, 3.05) is 26.2 Å². The molecule has 1 saturated heterocycles. The molecule has 0 unspecified atom stereocenters. The fourth-order valence-electron chi connectivity index (χ4n) is 2.85. The molecule has 0 atom stereocenters. The number of nitrogens with zero attached hydrogens (tertiary/aromatic N) is 3. The predicted octanol–water partition coefficient (Wildman–Crippen LogP) is 3.08. The normalized spacial score (nSPS) is 16.1. The minimum absolute atomic E-state index is 0.126. The zero-order valence-corrected chi connectivity index (χ0v) is 13.7. The Balaban J connectivity index is 1.59. The van der Waals surface area contributed by atoms with Gasteiger partial charge >= 0.3 is 0 Å². The highest BCUT2D eigenvalue weighted by Crippen LogP contribution is 2.12. The Kier molecular flexibility index (Phi) is 5.26. The van der Waals surface area contributed by atoms with E-state index in [0.29, 0.717) is 5.15 Å². The van der Waals surface area contributed by atoms with Crippen LogP contribution in [0.3, 0.4) is 0 Å². The minimum Gasteiger partial charge on any atom is -0.337 e. The van der Waals surface area contributed by atoms with Crippen molar-refractivity contribution in [1.82, 2.24) is 14.8 Å². The standard InChI is InChI=1S/C18H20ClN3O/c19-17-8-7-15(13-20-17)14-21-9-4-10-22(12-11-21)18(23)16-5-2-1-3-6-16/h1-3,5-8,13H,4,9-12,14H2. The van der Waals surface area contributed by atoms with Crippen LogP contribution in [0.1, 0.15) is 22.3 Å². The van der Waals surface area contributed by atoms with Crippen LogP contribution < -0.4 is 0 Å². The van der Waals surface area contributed by atoms with Crippen LogP contribution in [-0.4, -0.2) is 46.9 Å². The number of hydrogen-bond acceptors (Lipinski definition) is 3. The molecule has 1 aromatic carbocycles. The zero-order valence-electron chi connectivity index (χ0n) is 13.0. The summed E-state index contributed by atoms with van der Waals surface area (Å²) in [5.41, 5.74) is 1.92. The third-order valence-corrected chi connectivity index (χ3v) is 4.31. The molecule has 0 aliphatic carbocycles. The minimum atomic E-state index is 0.126. The number of pyridine rings is 1. The average Bonchev–Trinajstić information content (AvgIpc) is 2.83. The number of carbonyl (C=O) groups excluding carboxylic acids is 1. The fourth-order valence-corrected chi connectivity index (χ4v) is 2.97. The molecular weight excluding hydrogens is 310 g/mol. The van der Waals surface area contributed by atoms with E-state index in [1.165, 1.54) is 0 Å². The molecule has 23 heavy (non-hydrogen) atoms. The van der Waals surface area contributed by atoms with Crippen LogP contribution >= 0.6 is 11.6 Å². The maximum atomic E-state index is 12.5. The van der Waals surface area contributed by atoms with E-state index in [9.17, 15) is 4.79 Å². The van der Waals surface area contributed by atoms with E-state index in [1.54, 1.807) is 0 Å². The molecule has 1 aliphatic heterocycles. The van der Waals surface area contributed by atoms with Crippen molar-refractivity contribution in [2.24, 2.45) is 0 Å². The first-order chi connectivity index (χ1) is 11.2. The number of hydrogen-bond donors (Lipinski definition) is 0. The molecule has 0 spiro atoms. The molecule has 0 saturated carbocycles. The Bertz CT molecular complexity index is 645. The number of halogens is 1. The van der Waals surface area contributed by atoms with Gasteiger partial charge in [0.25, 0.3) is 5.91 Å². The van der Waals surface area contributed by atoms with Gasteiger partial charge in [-0.2, -0.15) is 0 Å². The second-order valence-electron chi connectivity index (χ2n) is 5.78. The van der Waals surface area contributed by atoms with Gasteiger partial charge in [-0.25, -0.2) is 4.98 Å². The van der Waals surface area contributed by atoms with Crippen LogP contribution in [0.4, 0.5) is 0 Å². The summed E-state index contributed by atoms with van der Waals surface area (Å²) in [5, 5.41) is 0.518. The van der Waals surface area contributed by atoms with Crippen molar-refractivity contribution >= 4 is 17.5 Å². The van der Waals surface area contributed by atoms with E-state index in [4.69, 9.17) is 11.6 Å². The largest absolute Gasteiger partial charge is 0.337 e. The maximum Gasteiger partial charge on any atom is 0.253 e. The van der Waals surface area contributed by atoms with Gasteiger partial charge in [-0.15, -0.1) is 0 Å². The van der Waals surface area contributed by atoms with E-state index in [0.717, 1.165) is 50.3 Å². The molecule has 3 rings (SSSR count). The Morgan fingerprint density at radius 1 is 1.04 bits per heavy atom. The first kappa shape index (κ1) is 16.0. The van der Waals surface area contributed by atoms with E-state index in [2.05, 4.69) is 9.88 Å². The molecule has 0 bridgehead atoms. The molecule has 120 valence electrons. The highest BCUT2D eigenvalue weighted by atomic mass is 35.5. The molecule has 0 N–H and O–H groups in total. The summed E-state index contributed by atoms with van der Waals surface area (Å²) in [6.07, 6.45) is 2.81. The summed E-state index contributed by atoms with van der Waals surface area (Å²) in [5.74, 6) is 0.126. The van der Waals surface area contributed by atoms with E-state index < -0.39 is 0 Å². The van der Waals surface area contributed by atoms with E-state index in [1.807, 2.05) is 53.6 Å². The number of benzene rings is 1. The van der Waals surface area contributed by atoms with Crippen LogP contribution in [0.25, 0.3) is 0 Å². The zero-order chi connectivity index (χ0) is 16.1. The van der Waals surface area contributed by atoms with Crippen molar-refractivity contribution < 1.29 is 4.79 Å². The van der Waals surface area contributed by atoms with Crippen molar-refractivity contribution in [1.29, 1.82) is 0 Å². The highest BCUT2D eigenvalue weighted by Gasteiger charge is 2.20. The highest BCUT2D eigenvalue weighted by molar-refractivity contribution is 6.29. The van der Waals surface area contributed by atoms with Gasteiger partial charge in [-0.3, -0.25) is 9.69 Å². The lowest BCUT2D eigenvalue weighted by molar-refractivity contribution is 0.0761. The van der Waals surface area contributed by atoms with Gasteiger partial charge in [-0.05, 0) is 30.2 Å². The fraction of sp³-hybridized carbons (Fsp3) is 0.333. The predicted molar refractivity (Wildman–Crippen MR) is 91.5 cm³/mol. The summed E-state index contributed by atoms with van der Waals surface area (Å²) in [6.45, 7) is 4.28. The number of rotatable bonds is 3. The summed E-state index contributed by atoms with van der Waals surface area (Å²) < 4.78 is 0. The van der Waals surface area contributed by atoms with Crippen molar-refractivity contribution in [2.45, 2.75) is 13.0 Å². The van der Waals surface area contributed by atoms with Crippen molar-refractivity contribution in [3.8, 4) is 0 Å². The van der Waals surface area contributed by atoms with Gasteiger partial charge in [-0.1, -0.05) is 35.9 Å². The maximum absolute atomic E-state index is 12.5. The third kappa shape index (κ3) is 4.30. The van der Waals surface area contributed by atoms with Gasteiger partial charge in [0.2, 0.25) is 0 Å². The van der Waals surface area contributed by atoms with E-state index >= 15 is 0 Å². The molecule has 4 nitrogen and oxygen atoms in total. The molecule has 2 aromatic rings. The molecule has 1 aliphatic rings. The van der Waals surface area contributed by atoms with Gasteiger partial charge in [0, 0.05) is 44.5 Å². The number of carbonyl (C=O) groups is 1. The average molecular weight is 330 g/mol. The first-order valence-electron chi connectivity index (χ1n) is 7.89. The molecule has 2 heterocycles. The number of amides is 1. The van der Waals surface area contributed by atoms with Gasteiger partial charge in [0.15, 0.2) is 0 Å². The third-order valence-electron chi connectivity index (χ3n) is 4.09. The SMILES string of the molecule is O=C(c1ccccc1)N1CCCN(Cc2ccc(Cl)nc2)CC1. The first-order valence-corrected chi connectivity index (χ1v) is 8.27. The Hall–Kier alpha value is -1.91. The lowest BCUT2D eigenvalue weighted by atomic mass is 10.2. The summed E-state index contributed by atoms with van der Waals surface area (Å²) in [6, 6.07) is 13.3. The molecule has 1 amide bonds. The lowest BCUT2D eigenvalue weighted by Crippen LogP contribution is -2.35. The van der Waals surface area contributed by atoms with Crippen molar-refractivity contribution in [3.63, 3.8) is 0 Å². The van der Waals surface area contributed by atoms with Gasteiger partial charge < -0.3 is 4.90 Å². The van der Waals surface area contributed by atoms with Gasteiger partial charge in [0.05, 0.1) is 0 Å².